The first-order valence-corrected chi connectivity index (χ1v) is 12.2. The number of piperidine rings is 1. The number of rotatable bonds is 9. The van der Waals surface area contributed by atoms with Crippen LogP contribution in [0.25, 0.3) is 0 Å². The number of likely N-dealkylation sites (tertiary alicyclic amines) is 1. The smallest absolute Gasteiger partial charge is 0.240 e. The zero-order valence-electron chi connectivity index (χ0n) is 17.5. The van der Waals surface area contributed by atoms with Crippen LogP contribution in [0.15, 0.2) is 23.1 Å². The molecule has 1 aromatic carbocycles. The average Bonchev–Trinajstić information content (AvgIpc) is 3.16. The number of carbonyl (C=O) groups excluding carboxylic acids is 1. The van der Waals surface area contributed by atoms with Gasteiger partial charge in [0, 0.05) is 25.6 Å². The van der Waals surface area contributed by atoms with Crippen molar-refractivity contribution in [1.82, 2.24) is 9.62 Å². The summed E-state index contributed by atoms with van der Waals surface area (Å²) >= 11 is 0. The van der Waals surface area contributed by atoms with E-state index < -0.39 is 10.0 Å². The number of ether oxygens (including phenoxy) is 1. The van der Waals surface area contributed by atoms with Crippen molar-refractivity contribution in [2.24, 2.45) is 0 Å². The van der Waals surface area contributed by atoms with Crippen LogP contribution in [0.2, 0.25) is 0 Å². The summed E-state index contributed by atoms with van der Waals surface area (Å²) < 4.78 is 33.6. The molecule has 0 saturated carbocycles. The number of nitrogens with zero attached hydrogens (tertiary/aromatic N) is 2. The summed E-state index contributed by atoms with van der Waals surface area (Å²) in [5.41, 5.74) is 0.525. The van der Waals surface area contributed by atoms with E-state index in [4.69, 9.17) is 4.74 Å². The molecule has 1 atom stereocenters. The zero-order valence-corrected chi connectivity index (χ0v) is 18.3. The van der Waals surface area contributed by atoms with Crippen LogP contribution in [0.1, 0.15) is 51.9 Å². The first-order chi connectivity index (χ1) is 14.0. The Hall–Kier alpha value is -1.64. The molecule has 0 aromatic heterocycles. The summed E-state index contributed by atoms with van der Waals surface area (Å²) in [4.78, 5) is 16.4. The molecule has 3 rings (SSSR count). The fourth-order valence-corrected chi connectivity index (χ4v) is 5.43. The number of sulfonamides is 1. The van der Waals surface area contributed by atoms with Gasteiger partial charge in [-0.25, -0.2) is 13.1 Å². The Bertz CT molecular complexity index is 812. The van der Waals surface area contributed by atoms with Crippen LogP contribution in [-0.4, -0.2) is 58.6 Å². The molecule has 1 aromatic rings. The summed E-state index contributed by atoms with van der Waals surface area (Å²) in [5.74, 6) is 0.507. The molecule has 0 bridgehead atoms. The Kier molecular flexibility index (Phi) is 7.54. The van der Waals surface area contributed by atoms with Gasteiger partial charge in [-0.15, -0.1) is 0 Å². The van der Waals surface area contributed by atoms with Gasteiger partial charge < -0.3 is 14.5 Å². The Labute approximate surface area is 174 Å². The van der Waals surface area contributed by atoms with Gasteiger partial charge in [-0.2, -0.15) is 0 Å². The van der Waals surface area contributed by atoms with Crippen LogP contribution in [0.5, 0.6) is 5.75 Å². The Balaban J connectivity index is 1.62. The fraction of sp³-hybridized carbons (Fsp3) is 0.667. The predicted octanol–water partition coefficient (Wildman–Crippen LogP) is 2.75. The number of hydrogen-bond donors (Lipinski definition) is 1. The molecule has 0 aliphatic carbocycles. The van der Waals surface area contributed by atoms with Crippen LogP contribution in [0, 0.1) is 0 Å². The summed E-state index contributed by atoms with van der Waals surface area (Å²) in [6.07, 6.45) is 6.94. The van der Waals surface area contributed by atoms with Gasteiger partial charge in [-0.3, -0.25) is 4.79 Å². The van der Waals surface area contributed by atoms with Gasteiger partial charge >= 0.3 is 0 Å². The number of nitrogens with one attached hydrogen (secondary N) is 1. The number of carbonyl (C=O) groups is 1. The van der Waals surface area contributed by atoms with Gasteiger partial charge in [-0.05, 0) is 63.4 Å². The lowest BCUT2D eigenvalue weighted by molar-refractivity contribution is -0.117. The Morgan fingerprint density at radius 2 is 2.03 bits per heavy atom. The van der Waals surface area contributed by atoms with Crippen molar-refractivity contribution in [3.8, 4) is 5.75 Å². The molecule has 1 N–H and O–H groups in total. The highest BCUT2D eigenvalue weighted by Gasteiger charge is 2.26. The maximum Gasteiger partial charge on any atom is 0.240 e. The molecule has 162 valence electrons. The maximum absolute atomic E-state index is 12.8. The first kappa shape index (κ1) is 22.1. The van der Waals surface area contributed by atoms with E-state index in [1.807, 2.05) is 0 Å². The van der Waals surface area contributed by atoms with Crippen LogP contribution < -0.4 is 14.4 Å². The minimum Gasteiger partial charge on any atom is -0.495 e. The second kappa shape index (κ2) is 9.91. The van der Waals surface area contributed by atoms with Gasteiger partial charge in [0.15, 0.2) is 0 Å². The summed E-state index contributed by atoms with van der Waals surface area (Å²) in [7, 11) is -2.12. The van der Waals surface area contributed by atoms with Gasteiger partial charge in [0.25, 0.3) is 0 Å². The third kappa shape index (κ3) is 5.29. The molecule has 0 spiro atoms. The van der Waals surface area contributed by atoms with Crippen LogP contribution in [0.3, 0.4) is 0 Å². The number of methoxy groups -OCH3 is 1. The predicted molar refractivity (Wildman–Crippen MR) is 114 cm³/mol. The average molecular weight is 424 g/mol. The molecule has 2 heterocycles. The van der Waals surface area contributed by atoms with Gasteiger partial charge in [0.05, 0.1) is 17.7 Å². The van der Waals surface area contributed by atoms with E-state index in [1.165, 1.54) is 32.4 Å². The van der Waals surface area contributed by atoms with Crippen LogP contribution in [-0.2, 0) is 14.8 Å². The number of anilines is 1. The lowest BCUT2D eigenvalue weighted by Gasteiger charge is -2.35. The molecular formula is C21H33N3O4S. The normalized spacial score (nSPS) is 21.0. The second-order valence-electron chi connectivity index (χ2n) is 7.83. The Morgan fingerprint density at radius 3 is 2.72 bits per heavy atom. The minimum absolute atomic E-state index is 0.00202. The van der Waals surface area contributed by atoms with Gasteiger partial charge in [0.2, 0.25) is 15.9 Å². The standard InChI is InChI=1S/C21H33N3O4S/c1-3-17-8-4-5-13-23(17)14-7-12-22-29(26,27)18-10-11-20(28-2)19(16-18)24-15-6-9-21(24)25/h10-11,16-17,22H,3-9,12-15H2,1-2H3/t17-/m1/s1. The van der Waals surface area contributed by atoms with E-state index in [2.05, 4.69) is 16.5 Å². The molecule has 8 heteroatoms. The topological polar surface area (TPSA) is 79.0 Å². The SMILES string of the molecule is CC[C@@H]1CCCCN1CCCNS(=O)(=O)c1ccc(OC)c(N2CCCC2=O)c1. The minimum atomic E-state index is -3.64. The number of amides is 1. The molecule has 2 aliphatic heterocycles. The maximum atomic E-state index is 12.8. The second-order valence-corrected chi connectivity index (χ2v) is 9.59. The third-order valence-electron chi connectivity index (χ3n) is 5.96. The van der Waals surface area contributed by atoms with E-state index in [1.54, 1.807) is 17.0 Å². The van der Waals surface area contributed by atoms with E-state index in [9.17, 15) is 13.2 Å². The highest BCUT2D eigenvalue weighted by Crippen LogP contribution is 2.33. The summed E-state index contributed by atoms with van der Waals surface area (Å²) in [6.45, 7) is 5.23. The van der Waals surface area contributed by atoms with E-state index >= 15 is 0 Å². The third-order valence-corrected chi connectivity index (χ3v) is 7.42. The van der Waals surface area contributed by atoms with Crippen molar-refractivity contribution in [2.45, 2.75) is 62.8 Å². The van der Waals surface area contributed by atoms with Crippen molar-refractivity contribution in [2.75, 3.05) is 38.2 Å². The molecule has 0 unspecified atom stereocenters. The lowest BCUT2D eigenvalue weighted by Crippen LogP contribution is -2.40. The van der Waals surface area contributed by atoms with Crippen LogP contribution >= 0.6 is 0 Å². The molecule has 0 radical (unpaired) electrons. The number of hydrogen-bond acceptors (Lipinski definition) is 5. The van der Waals surface area contributed by atoms with Crippen molar-refractivity contribution in [1.29, 1.82) is 0 Å². The molecule has 7 nitrogen and oxygen atoms in total. The summed E-state index contributed by atoms with van der Waals surface area (Å²) in [5, 5.41) is 0. The first-order valence-electron chi connectivity index (χ1n) is 10.7. The molecule has 29 heavy (non-hydrogen) atoms. The fourth-order valence-electron chi connectivity index (χ4n) is 4.34. The zero-order chi connectivity index (χ0) is 20.9. The van der Waals surface area contributed by atoms with Crippen molar-refractivity contribution < 1.29 is 17.9 Å². The molecule has 2 saturated heterocycles. The molecule has 2 fully saturated rings. The van der Waals surface area contributed by atoms with E-state index in [0.717, 1.165) is 32.4 Å². The Morgan fingerprint density at radius 1 is 1.21 bits per heavy atom. The van der Waals surface area contributed by atoms with Crippen molar-refractivity contribution in [3.05, 3.63) is 18.2 Å². The quantitative estimate of drug-likeness (QED) is 0.618. The molecular weight excluding hydrogens is 390 g/mol. The van der Waals surface area contributed by atoms with E-state index in [0.29, 0.717) is 37.0 Å². The van der Waals surface area contributed by atoms with E-state index in [-0.39, 0.29) is 10.8 Å². The number of benzene rings is 1. The van der Waals surface area contributed by atoms with Gasteiger partial charge in [0.1, 0.15) is 5.75 Å². The highest BCUT2D eigenvalue weighted by molar-refractivity contribution is 7.89. The lowest BCUT2D eigenvalue weighted by atomic mass is 10.00. The molecule has 2 aliphatic rings. The van der Waals surface area contributed by atoms with Crippen molar-refractivity contribution >= 4 is 21.6 Å². The van der Waals surface area contributed by atoms with Gasteiger partial charge in [-0.1, -0.05) is 13.3 Å². The van der Waals surface area contributed by atoms with Crippen molar-refractivity contribution in [3.63, 3.8) is 0 Å². The monoisotopic (exact) mass is 423 g/mol. The summed E-state index contributed by atoms with van der Waals surface area (Å²) in [6, 6.07) is 5.32. The highest BCUT2D eigenvalue weighted by atomic mass is 32.2. The molecule has 1 amide bonds. The largest absolute Gasteiger partial charge is 0.495 e. The van der Waals surface area contributed by atoms with Crippen LogP contribution in [0.4, 0.5) is 5.69 Å².